The number of carbonyl (C=O) groups is 3. The molecule has 13 heteroatoms. The molecule has 4 heterocycles. The molecule has 9 rings (SSSR count). The highest BCUT2D eigenvalue weighted by Crippen LogP contribution is 2.51. The van der Waals surface area contributed by atoms with Crippen LogP contribution < -0.4 is 15.0 Å². The van der Waals surface area contributed by atoms with Gasteiger partial charge >= 0.3 is 5.97 Å². The lowest BCUT2D eigenvalue weighted by molar-refractivity contribution is -0.148. The van der Waals surface area contributed by atoms with Crippen LogP contribution in [-0.2, 0) is 32.1 Å². The number of fused-ring (bicyclic) bond motifs is 2. The number of dihydropyridines is 1. The number of benzene rings is 3. The van der Waals surface area contributed by atoms with E-state index in [1.54, 1.807) is 19.1 Å². The first-order valence-electron chi connectivity index (χ1n) is 24.0. The van der Waals surface area contributed by atoms with E-state index < -0.39 is 35.0 Å². The minimum Gasteiger partial charge on any atom is -0.508 e. The fourth-order valence-electron chi connectivity index (χ4n) is 11.2. The van der Waals surface area contributed by atoms with Crippen LogP contribution in [0.4, 0.5) is 5.69 Å². The Balaban J connectivity index is 1.29. The summed E-state index contributed by atoms with van der Waals surface area (Å²) in [4.78, 5) is 46.0. The fourth-order valence-corrected chi connectivity index (χ4v) is 11.2. The summed E-state index contributed by atoms with van der Waals surface area (Å²) in [6.45, 7) is 5.60. The van der Waals surface area contributed by atoms with Crippen molar-refractivity contribution in [2.75, 3.05) is 25.1 Å². The second-order valence-corrected chi connectivity index (χ2v) is 19.2. The quantitative estimate of drug-likeness (QED) is 0.0495. The van der Waals surface area contributed by atoms with Crippen molar-refractivity contribution in [3.05, 3.63) is 148 Å². The number of Topliss-reactive ketones (excluding diaryl/α,β-unsaturated/α-hetero) is 2. The van der Waals surface area contributed by atoms with Crippen LogP contribution >= 0.6 is 0 Å². The van der Waals surface area contributed by atoms with Gasteiger partial charge in [-0.15, -0.1) is 0 Å². The Hall–Kier alpha value is -7.43. The molecule has 2 aliphatic carbocycles. The van der Waals surface area contributed by atoms with Gasteiger partial charge in [-0.2, -0.15) is 0 Å². The molecule has 6 unspecified atom stereocenters. The fraction of sp³-hybridized carbons (Fsp3) is 0.351. The summed E-state index contributed by atoms with van der Waals surface area (Å²) in [6.07, 6.45) is 20.0. The summed E-state index contributed by atoms with van der Waals surface area (Å²) >= 11 is 0. The number of hydrogen-bond donors (Lipinski definition) is 6. The molecule has 5 aromatic rings. The lowest BCUT2D eigenvalue weighted by atomic mass is 9.61. The van der Waals surface area contributed by atoms with Crippen LogP contribution in [0.3, 0.4) is 0 Å². The van der Waals surface area contributed by atoms with Crippen LogP contribution in [0, 0.1) is 23.2 Å². The summed E-state index contributed by atoms with van der Waals surface area (Å²) in [7, 11) is 1.38. The number of aliphatic hydroxyl groups is 1. The van der Waals surface area contributed by atoms with E-state index in [0.717, 1.165) is 44.7 Å². The number of aliphatic hydroxyl groups excluding tert-OH is 1. The van der Waals surface area contributed by atoms with Gasteiger partial charge in [0.15, 0.2) is 11.5 Å². The minimum absolute atomic E-state index is 0.00139. The number of nitrogens with zero attached hydrogens (tertiary/aromatic N) is 2. The van der Waals surface area contributed by atoms with Crippen LogP contribution in [0.15, 0.2) is 121 Å². The standard InChI is InChI=1S/C57H60N4O9/c1-34-8-5-10-42-11-7-13-46-47-30-58-29-41(47)28-57(34,42)19-16-45(70-36(3)64)26-44(66)27-51(40-23-52(67)56(68)53(24-40)69-4)60-31-48-39(33-62)14-15-50(49(48)32-60)61(21-18-35(2)63)54-25-38(17-20-59-54)55(46)37-9-6-12-43(65)22-37/h5-6,8-10,12,14-15,17,22-25,29-32,34,45-46,51,55,58-59,62,65,67-68H,11,16,18-21,26-28,33H2,1-4H3. The Labute approximate surface area is 407 Å². The third-order valence-electron chi connectivity index (χ3n) is 14.8. The predicted octanol–water partition coefficient (Wildman–Crippen LogP) is 9.04. The van der Waals surface area contributed by atoms with Crippen molar-refractivity contribution in [1.82, 2.24) is 14.9 Å². The number of aromatic hydroxyl groups is 3. The molecular formula is C57H60N4O9. The van der Waals surface area contributed by atoms with Crippen molar-refractivity contribution >= 4 is 34.0 Å². The molecule has 0 saturated carbocycles. The third-order valence-corrected chi connectivity index (χ3v) is 14.8. The Morgan fingerprint density at radius 1 is 1.00 bits per heavy atom. The number of allylic oxidation sites excluding steroid dienone is 6. The van der Waals surface area contributed by atoms with Crippen molar-refractivity contribution in [2.24, 2.45) is 11.3 Å². The average molecular weight is 945 g/mol. The van der Waals surface area contributed by atoms with Crippen molar-refractivity contribution in [3.63, 3.8) is 0 Å². The van der Waals surface area contributed by atoms with Gasteiger partial charge in [0.2, 0.25) is 5.75 Å². The number of esters is 1. The SMILES string of the molecule is COc1cc(C2CC(=O)CC(OC(C)=O)CCC34Cc5c[nH]cc5C(C#CCC3=CC=CC4C)C(c3cccc(O)c3)C3=CCNC(=C3)N(CCC(C)=O)c3ccc(CO)c4cn2cc34)cc(O)c1O. The molecule has 0 fully saturated rings. The summed E-state index contributed by atoms with van der Waals surface area (Å²) in [6, 6.07) is 13.4. The molecule has 1 spiro atoms. The first-order chi connectivity index (χ1) is 33.8. The third kappa shape index (κ3) is 9.36. The molecule has 13 nitrogen and oxygen atoms in total. The van der Waals surface area contributed by atoms with Crippen LogP contribution in [0.1, 0.15) is 105 Å². The smallest absolute Gasteiger partial charge is 0.302 e. The topological polar surface area (TPSA) is 187 Å². The zero-order chi connectivity index (χ0) is 49.3. The second kappa shape index (κ2) is 19.9. The number of carbonyl (C=O) groups excluding carboxylic acids is 3. The highest BCUT2D eigenvalue weighted by Gasteiger charge is 2.43. The molecule has 70 heavy (non-hydrogen) atoms. The average Bonchev–Trinajstić information content (AvgIpc) is 4.00. The van der Waals surface area contributed by atoms with E-state index in [2.05, 4.69) is 70.5 Å². The minimum atomic E-state index is -0.771. The molecule has 6 N–H and O–H groups in total. The maximum Gasteiger partial charge on any atom is 0.302 e. The van der Waals surface area contributed by atoms with Crippen molar-refractivity contribution in [1.29, 1.82) is 0 Å². The molecular weight excluding hydrogens is 885 g/mol. The van der Waals surface area contributed by atoms with Crippen molar-refractivity contribution in [3.8, 4) is 34.8 Å². The van der Waals surface area contributed by atoms with E-state index in [-0.39, 0.29) is 66.7 Å². The number of rotatable bonds is 8. The maximum atomic E-state index is 14.7. The number of hydrogen-bond acceptors (Lipinski definition) is 11. The van der Waals surface area contributed by atoms with Crippen molar-refractivity contribution < 1.29 is 44.3 Å². The number of phenolic OH excluding ortho intramolecular Hbond substituents is 3. The zero-order valence-corrected chi connectivity index (χ0v) is 40.0. The number of aromatic nitrogens is 2. The normalized spacial score (nSPS) is 23.5. The second-order valence-electron chi connectivity index (χ2n) is 19.2. The van der Waals surface area contributed by atoms with E-state index in [0.29, 0.717) is 55.3 Å². The number of ether oxygens (including phenoxy) is 2. The van der Waals surface area contributed by atoms with E-state index in [1.165, 1.54) is 20.1 Å². The lowest BCUT2D eigenvalue weighted by Gasteiger charge is -2.43. The van der Waals surface area contributed by atoms with Gasteiger partial charge in [-0.3, -0.25) is 14.4 Å². The zero-order valence-electron chi connectivity index (χ0n) is 40.0. The highest BCUT2D eigenvalue weighted by atomic mass is 16.5. The molecule has 6 bridgehead atoms. The Morgan fingerprint density at radius 2 is 1.83 bits per heavy atom. The molecule has 0 radical (unpaired) electrons. The number of ketones is 2. The van der Waals surface area contributed by atoms with Crippen LogP contribution in [0.2, 0.25) is 0 Å². The van der Waals surface area contributed by atoms with Gasteiger partial charge in [-0.1, -0.05) is 66.8 Å². The molecule has 3 aromatic carbocycles. The first kappa shape index (κ1) is 47.6. The molecule has 0 saturated heterocycles. The van der Waals surface area contributed by atoms with Crippen LogP contribution in [0.25, 0.3) is 10.8 Å². The molecule has 0 amide bonds. The largest absolute Gasteiger partial charge is 0.508 e. The number of H-pyrrole nitrogens is 1. The van der Waals surface area contributed by atoms with E-state index in [1.807, 2.05) is 53.5 Å². The van der Waals surface area contributed by atoms with Gasteiger partial charge in [0.1, 0.15) is 29.2 Å². The monoisotopic (exact) mass is 944 g/mol. The Morgan fingerprint density at radius 3 is 2.60 bits per heavy atom. The predicted molar refractivity (Wildman–Crippen MR) is 267 cm³/mol. The first-order valence-corrected chi connectivity index (χ1v) is 24.0. The lowest BCUT2D eigenvalue weighted by Crippen LogP contribution is -2.36. The molecule has 362 valence electrons. The van der Waals surface area contributed by atoms with Crippen molar-refractivity contribution in [2.45, 2.75) is 96.3 Å². The number of methoxy groups -OCH3 is 1. The van der Waals surface area contributed by atoms with Crippen LogP contribution in [-0.4, -0.2) is 73.8 Å². The molecule has 2 aliphatic heterocycles. The summed E-state index contributed by atoms with van der Waals surface area (Å²) in [5.41, 5.74) is 6.52. The maximum absolute atomic E-state index is 14.7. The van der Waals surface area contributed by atoms with Gasteiger partial charge in [-0.05, 0) is 102 Å². The Bertz CT molecular complexity index is 3050. The van der Waals surface area contributed by atoms with E-state index >= 15 is 0 Å². The van der Waals surface area contributed by atoms with Gasteiger partial charge in [0, 0.05) is 92.6 Å². The van der Waals surface area contributed by atoms with Gasteiger partial charge in [-0.25, -0.2) is 0 Å². The van der Waals surface area contributed by atoms with Gasteiger partial charge in [0.05, 0.1) is 31.4 Å². The molecule has 2 aromatic heterocycles. The highest BCUT2D eigenvalue weighted by molar-refractivity contribution is 5.97. The van der Waals surface area contributed by atoms with Gasteiger partial charge < -0.3 is 49.7 Å². The van der Waals surface area contributed by atoms with Crippen LogP contribution in [0.5, 0.6) is 23.0 Å². The molecule has 4 aliphatic rings. The van der Waals surface area contributed by atoms with E-state index in [4.69, 9.17) is 9.47 Å². The van der Waals surface area contributed by atoms with Gasteiger partial charge in [0.25, 0.3) is 0 Å². The summed E-state index contributed by atoms with van der Waals surface area (Å²) < 4.78 is 13.4. The number of nitrogens with one attached hydrogen (secondary N) is 2. The number of phenols is 3. The summed E-state index contributed by atoms with van der Waals surface area (Å²) in [5.74, 6) is 6.05. The number of aromatic amines is 1. The number of anilines is 1. The molecule has 6 atom stereocenters. The Kier molecular flexibility index (Phi) is 13.5. The summed E-state index contributed by atoms with van der Waals surface area (Å²) in [5, 5.41) is 48.6. The van der Waals surface area contributed by atoms with E-state index in [9.17, 15) is 34.8 Å².